The minimum atomic E-state index is -0.750. The summed E-state index contributed by atoms with van der Waals surface area (Å²) in [7, 11) is 0. The van der Waals surface area contributed by atoms with E-state index >= 15 is 0 Å². The van der Waals surface area contributed by atoms with Gasteiger partial charge in [-0.25, -0.2) is 0 Å². The summed E-state index contributed by atoms with van der Waals surface area (Å²) in [6.45, 7) is 3.65. The van der Waals surface area contributed by atoms with Gasteiger partial charge in [-0.05, 0) is 31.9 Å². The molecule has 1 aliphatic heterocycles. The number of aliphatic hydroxyl groups is 1. The second-order valence-corrected chi connectivity index (χ2v) is 7.86. The molecule has 0 aromatic heterocycles. The number of nitrogens with zero attached hydrogens (tertiary/aromatic N) is 1. The first-order valence-electron chi connectivity index (χ1n) is 10.3. The van der Waals surface area contributed by atoms with Gasteiger partial charge in [-0.15, -0.1) is 0 Å². The lowest BCUT2D eigenvalue weighted by Crippen LogP contribution is -2.49. The number of hydrogen-bond donors (Lipinski definition) is 3. The minimum Gasteiger partial charge on any atom is -0.632 e. The lowest BCUT2D eigenvalue weighted by atomic mass is 10.1. The van der Waals surface area contributed by atoms with Crippen LogP contribution in [0, 0.1) is 12.1 Å². The van der Waals surface area contributed by atoms with Gasteiger partial charge in [0.2, 0.25) is 0 Å². The summed E-state index contributed by atoms with van der Waals surface area (Å²) in [4.78, 5) is 10.5. The molecule has 7 heteroatoms. The Morgan fingerprint density at radius 2 is 2.00 bits per heavy atom. The van der Waals surface area contributed by atoms with Gasteiger partial charge in [0.1, 0.15) is 25.1 Å². The summed E-state index contributed by atoms with van der Waals surface area (Å²) in [6.07, 6.45) is 4.27. The standard InChI is InChI=1S/C21H34N2O5/c1-17-8-10-20(11-9-17)28-15-19(24)12-13-23(27)16-22-14-18(23)6-4-2-3-5-7-21(25)26/h8-11,18-19,22,24H,2-7,12-16H2,1H3,(H,25,26). The summed E-state index contributed by atoms with van der Waals surface area (Å²) < 4.78 is 5.29. The van der Waals surface area contributed by atoms with E-state index in [-0.39, 0.29) is 23.7 Å². The normalized spacial score (nSPS) is 22.9. The number of aliphatic hydroxyl groups excluding tert-OH is 1. The van der Waals surface area contributed by atoms with Crippen molar-refractivity contribution < 1.29 is 24.4 Å². The number of carbonyl (C=O) groups is 1. The number of nitrogens with one attached hydrogen (secondary N) is 1. The second-order valence-electron chi connectivity index (χ2n) is 7.86. The van der Waals surface area contributed by atoms with Crippen molar-refractivity contribution in [3.63, 3.8) is 0 Å². The minimum absolute atomic E-state index is 0.00434. The molecule has 0 spiro atoms. The molecule has 2 rings (SSSR count). The highest BCUT2D eigenvalue weighted by molar-refractivity contribution is 5.66. The van der Waals surface area contributed by atoms with E-state index < -0.39 is 12.1 Å². The summed E-state index contributed by atoms with van der Waals surface area (Å²) in [6, 6.07) is 7.68. The molecule has 1 aliphatic rings. The molecule has 0 aliphatic carbocycles. The molecule has 1 aromatic carbocycles. The van der Waals surface area contributed by atoms with Gasteiger partial charge in [-0.3, -0.25) is 10.1 Å². The van der Waals surface area contributed by atoms with E-state index in [0.717, 1.165) is 37.0 Å². The van der Waals surface area contributed by atoms with E-state index in [1.807, 2.05) is 31.2 Å². The number of unbranched alkanes of at least 4 members (excludes halogenated alkanes) is 3. The van der Waals surface area contributed by atoms with Crippen LogP contribution in [0.25, 0.3) is 0 Å². The van der Waals surface area contributed by atoms with Crippen LogP contribution in [0.4, 0.5) is 0 Å². The molecular weight excluding hydrogens is 360 g/mol. The fraction of sp³-hybridized carbons (Fsp3) is 0.667. The van der Waals surface area contributed by atoms with Crippen LogP contribution in [0.15, 0.2) is 24.3 Å². The molecule has 0 radical (unpaired) electrons. The zero-order chi connectivity index (χ0) is 20.4. The molecule has 3 unspecified atom stereocenters. The lowest BCUT2D eigenvalue weighted by Gasteiger charge is -2.43. The molecule has 28 heavy (non-hydrogen) atoms. The van der Waals surface area contributed by atoms with Gasteiger partial charge < -0.3 is 24.8 Å². The lowest BCUT2D eigenvalue weighted by molar-refractivity contribution is -0.893. The Kier molecular flexibility index (Phi) is 9.18. The highest BCUT2D eigenvalue weighted by Gasteiger charge is 2.34. The summed E-state index contributed by atoms with van der Waals surface area (Å²) >= 11 is 0. The Hall–Kier alpha value is -1.67. The first kappa shape index (κ1) is 22.6. The summed E-state index contributed by atoms with van der Waals surface area (Å²) in [5.41, 5.74) is 1.15. The van der Waals surface area contributed by atoms with Crippen molar-refractivity contribution in [2.75, 3.05) is 26.4 Å². The average molecular weight is 395 g/mol. The number of hydroxylamine groups is 3. The first-order chi connectivity index (χ1) is 13.4. The van der Waals surface area contributed by atoms with Gasteiger partial charge in [0.05, 0.1) is 19.2 Å². The Morgan fingerprint density at radius 3 is 2.71 bits per heavy atom. The highest BCUT2D eigenvalue weighted by atomic mass is 16.6. The van der Waals surface area contributed by atoms with E-state index in [2.05, 4.69) is 5.32 Å². The van der Waals surface area contributed by atoms with Crippen LogP contribution < -0.4 is 10.1 Å². The number of hydrogen-bond acceptors (Lipinski definition) is 5. The summed E-state index contributed by atoms with van der Waals surface area (Å²) in [5, 5.41) is 35.1. The number of carboxylic acid groups (broad SMARTS) is 1. The van der Waals surface area contributed by atoms with E-state index in [1.54, 1.807) is 0 Å². The molecule has 158 valence electrons. The Balaban J connectivity index is 1.66. The van der Waals surface area contributed by atoms with Crippen molar-refractivity contribution in [1.82, 2.24) is 5.32 Å². The van der Waals surface area contributed by atoms with Gasteiger partial charge in [-0.1, -0.05) is 30.5 Å². The molecule has 1 fully saturated rings. The number of benzene rings is 1. The molecule has 1 saturated heterocycles. The van der Waals surface area contributed by atoms with Crippen molar-refractivity contribution in [3.05, 3.63) is 35.0 Å². The zero-order valence-electron chi connectivity index (χ0n) is 16.8. The number of ether oxygens (including phenoxy) is 1. The van der Waals surface area contributed by atoms with Gasteiger partial charge >= 0.3 is 5.97 Å². The van der Waals surface area contributed by atoms with Crippen LogP contribution >= 0.6 is 0 Å². The Labute approximate surface area is 167 Å². The van der Waals surface area contributed by atoms with Crippen LogP contribution in [0.2, 0.25) is 0 Å². The van der Waals surface area contributed by atoms with Gasteiger partial charge in [0, 0.05) is 19.3 Å². The number of rotatable bonds is 13. The largest absolute Gasteiger partial charge is 0.632 e. The molecule has 0 bridgehead atoms. The van der Waals surface area contributed by atoms with Crippen molar-refractivity contribution in [3.8, 4) is 5.75 Å². The maximum Gasteiger partial charge on any atom is 0.303 e. The molecular formula is C21H34N2O5. The third-order valence-corrected chi connectivity index (χ3v) is 5.41. The fourth-order valence-electron chi connectivity index (χ4n) is 3.60. The van der Waals surface area contributed by atoms with Gasteiger partial charge in [0.25, 0.3) is 0 Å². The topological polar surface area (TPSA) is 102 Å². The highest BCUT2D eigenvalue weighted by Crippen LogP contribution is 2.23. The van der Waals surface area contributed by atoms with Crippen molar-refractivity contribution in [2.45, 2.75) is 64.0 Å². The molecule has 3 atom stereocenters. The zero-order valence-corrected chi connectivity index (χ0v) is 16.8. The smallest absolute Gasteiger partial charge is 0.303 e. The van der Waals surface area contributed by atoms with Crippen molar-refractivity contribution in [2.24, 2.45) is 0 Å². The van der Waals surface area contributed by atoms with E-state index in [4.69, 9.17) is 9.84 Å². The number of carboxylic acids is 1. The average Bonchev–Trinajstić information content (AvgIpc) is 3.03. The predicted molar refractivity (Wildman–Crippen MR) is 108 cm³/mol. The van der Waals surface area contributed by atoms with Crippen LogP contribution in [0.5, 0.6) is 5.75 Å². The molecule has 3 N–H and O–H groups in total. The maximum absolute atomic E-state index is 13.1. The fourth-order valence-corrected chi connectivity index (χ4v) is 3.60. The van der Waals surface area contributed by atoms with Crippen molar-refractivity contribution in [1.29, 1.82) is 0 Å². The van der Waals surface area contributed by atoms with Gasteiger partial charge in [0.15, 0.2) is 0 Å². The third kappa shape index (κ3) is 7.75. The summed E-state index contributed by atoms with van der Waals surface area (Å²) in [5.74, 6) is -0.0283. The quantitative estimate of drug-likeness (QED) is 0.270. The van der Waals surface area contributed by atoms with Crippen LogP contribution in [-0.4, -0.2) is 59.3 Å². The SMILES string of the molecule is Cc1ccc(OCC(O)CC[N+]2([O-])CNCC2CCCCCCC(=O)O)cc1. The van der Waals surface area contributed by atoms with Crippen molar-refractivity contribution >= 4 is 5.97 Å². The molecule has 1 aromatic rings. The van der Waals surface area contributed by atoms with Crippen LogP contribution in [0.1, 0.15) is 50.5 Å². The van der Waals surface area contributed by atoms with E-state index in [1.165, 1.54) is 0 Å². The third-order valence-electron chi connectivity index (χ3n) is 5.41. The number of aliphatic carboxylic acids is 1. The van der Waals surface area contributed by atoms with Crippen LogP contribution in [-0.2, 0) is 4.79 Å². The van der Waals surface area contributed by atoms with E-state index in [0.29, 0.717) is 32.6 Å². The molecule has 0 amide bonds. The predicted octanol–water partition coefficient (Wildman–Crippen LogP) is 2.79. The molecule has 7 nitrogen and oxygen atoms in total. The number of aryl methyl sites for hydroxylation is 1. The number of quaternary nitrogens is 1. The molecule has 0 saturated carbocycles. The Bertz CT molecular complexity index is 595. The van der Waals surface area contributed by atoms with Crippen LogP contribution in [0.3, 0.4) is 0 Å². The first-order valence-corrected chi connectivity index (χ1v) is 10.3. The van der Waals surface area contributed by atoms with Gasteiger partial charge in [-0.2, -0.15) is 0 Å². The monoisotopic (exact) mass is 394 g/mol. The molecule has 1 heterocycles. The second kappa shape index (κ2) is 11.4. The Morgan fingerprint density at radius 1 is 1.29 bits per heavy atom. The maximum atomic E-state index is 13.1. The van der Waals surface area contributed by atoms with E-state index in [9.17, 15) is 15.1 Å².